The first-order valence-electron chi connectivity index (χ1n) is 33.8. The number of halogens is 1. The van der Waals surface area contributed by atoms with E-state index in [0.717, 1.165) is 33.0 Å². The van der Waals surface area contributed by atoms with Gasteiger partial charge in [0.25, 0.3) is 0 Å². The van der Waals surface area contributed by atoms with Crippen LogP contribution in [0.4, 0.5) is 17.1 Å². The fourth-order valence-corrected chi connectivity index (χ4v) is 19.8. The third-order valence-corrected chi connectivity index (χ3v) is 22.8. The number of methoxy groups -OCH3 is 2. The molecule has 0 aliphatic carbocycles. The Morgan fingerprint density at radius 2 is 0.427 bits per heavy atom. The quantitative estimate of drug-likeness (QED) is 0.106. The van der Waals surface area contributed by atoms with Gasteiger partial charge in [-0.15, -0.1) is 0 Å². The molecule has 0 aromatic heterocycles. The molecule has 0 unspecified atom stereocenters. The maximum absolute atomic E-state index is 5.87. The van der Waals surface area contributed by atoms with E-state index in [-0.39, 0.29) is 0 Å². The second-order valence-electron chi connectivity index (χ2n) is 28.7. The minimum absolute atomic E-state index is 0.807. The van der Waals surface area contributed by atoms with Crippen LogP contribution in [0.5, 0.6) is 11.5 Å². The standard InChI is InChI=1S/C92H70BrNO2/c1-43-23-47(5)77(48(6)24-43)55-31-65-67-33-57(79-51(9)27-45(3)28-52(79)10)37-71-75-41-62(94(60-15-19-63(95-13)20-16-60)61-17-21-64(96-14)22-18-61)42-76-72-38-58(80-53(11)29-46(4)30-54(80)12)34-68-66-32-56(78-49(7)25-44(2)26-50(78)8)36-70-74-40-59(93)39-73-69(35-55)81(65)87-89(83(67)71)92(86(75)76)90(84(68)72)88(82(66)70)91(87)85(73)74/h15-42H,1-14H3. The lowest BCUT2D eigenvalue weighted by Crippen LogP contribution is -2.10. The van der Waals surface area contributed by atoms with Gasteiger partial charge in [-0.05, 0) is 423 Å². The van der Waals surface area contributed by atoms with E-state index in [9.17, 15) is 0 Å². The molecule has 0 radical (unpaired) electrons. The molecule has 19 aromatic rings. The summed E-state index contributed by atoms with van der Waals surface area (Å²) in [6, 6.07) is 66.9. The minimum atomic E-state index is 0.807. The van der Waals surface area contributed by atoms with Crippen molar-refractivity contribution in [3.8, 4) is 56.0 Å². The lowest BCUT2D eigenvalue weighted by molar-refractivity contribution is 0.415. The number of aryl methyl sites for hydroxylation is 12. The summed E-state index contributed by atoms with van der Waals surface area (Å²) < 4.78 is 12.8. The zero-order valence-electron chi connectivity index (χ0n) is 56.8. The third-order valence-electron chi connectivity index (χ3n) is 22.3. The van der Waals surface area contributed by atoms with Crippen molar-refractivity contribution < 1.29 is 9.47 Å². The molecule has 0 N–H and O–H groups in total. The summed E-state index contributed by atoms with van der Waals surface area (Å²) in [5.74, 6) is 1.61. The predicted molar refractivity (Wildman–Crippen MR) is 418 cm³/mol. The molecule has 0 bridgehead atoms. The van der Waals surface area contributed by atoms with Crippen molar-refractivity contribution in [3.63, 3.8) is 0 Å². The van der Waals surface area contributed by atoms with Crippen molar-refractivity contribution in [3.05, 3.63) is 241 Å². The van der Waals surface area contributed by atoms with Gasteiger partial charge in [0, 0.05) is 21.5 Å². The number of rotatable bonds is 9. The highest BCUT2D eigenvalue weighted by atomic mass is 79.9. The fourth-order valence-electron chi connectivity index (χ4n) is 19.4. The van der Waals surface area contributed by atoms with Gasteiger partial charge in [-0.25, -0.2) is 0 Å². The van der Waals surface area contributed by atoms with E-state index in [1.807, 2.05) is 0 Å². The van der Waals surface area contributed by atoms with Crippen LogP contribution in [0.15, 0.2) is 174 Å². The van der Waals surface area contributed by atoms with Crippen molar-refractivity contribution in [2.75, 3.05) is 19.1 Å². The highest BCUT2D eigenvalue weighted by Crippen LogP contribution is 2.63. The number of nitrogens with zero attached hydrogens (tertiary/aromatic N) is 1. The molecule has 0 aliphatic rings. The lowest BCUT2D eigenvalue weighted by atomic mass is 9.72. The van der Waals surface area contributed by atoms with Crippen molar-refractivity contribution in [2.24, 2.45) is 0 Å². The van der Waals surface area contributed by atoms with Crippen molar-refractivity contribution >= 4 is 162 Å². The first-order valence-corrected chi connectivity index (χ1v) is 34.6. The smallest absolute Gasteiger partial charge is 0.119 e. The largest absolute Gasteiger partial charge is 0.497 e. The van der Waals surface area contributed by atoms with E-state index in [1.54, 1.807) is 14.2 Å². The molecule has 3 nitrogen and oxygen atoms in total. The minimum Gasteiger partial charge on any atom is -0.497 e. The molecule has 0 heterocycles. The van der Waals surface area contributed by atoms with Crippen LogP contribution in [0.1, 0.15) is 66.8 Å². The molecular weight excluding hydrogens is 1230 g/mol. The summed E-state index contributed by atoms with van der Waals surface area (Å²) in [4.78, 5) is 2.45. The predicted octanol–water partition coefficient (Wildman–Crippen LogP) is 26.8. The maximum atomic E-state index is 5.87. The number of anilines is 3. The summed E-state index contributed by atoms with van der Waals surface area (Å²) in [6.07, 6.45) is 0. The van der Waals surface area contributed by atoms with Crippen LogP contribution >= 0.6 is 15.9 Å². The van der Waals surface area contributed by atoms with Gasteiger partial charge >= 0.3 is 0 Å². The highest BCUT2D eigenvalue weighted by Gasteiger charge is 2.34. The van der Waals surface area contributed by atoms with Crippen LogP contribution in [0.3, 0.4) is 0 Å². The number of ether oxygens (including phenoxy) is 2. The molecule has 19 rings (SSSR count). The molecule has 0 spiro atoms. The van der Waals surface area contributed by atoms with E-state index in [2.05, 4.69) is 274 Å². The van der Waals surface area contributed by atoms with Crippen molar-refractivity contribution in [1.29, 1.82) is 0 Å². The van der Waals surface area contributed by atoms with Gasteiger partial charge in [-0.3, -0.25) is 0 Å². The molecule has 462 valence electrons. The monoisotopic (exact) mass is 1300 g/mol. The Morgan fingerprint density at radius 1 is 0.229 bits per heavy atom. The van der Waals surface area contributed by atoms with Crippen LogP contribution in [-0.2, 0) is 0 Å². The van der Waals surface area contributed by atoms with Gasteiger partial charge in [-0.2, -0.15) is 0 Å². The molecule has 0 saturated carbocycles. The second kappa shape index (κ2) is 19.9. The number of fused-ring (bicyclic) bond motifs is 6. The van der Waals surface area contributed by atoms with E-state index in [1.165, 1.54) is 241 Å². The number of hydrogen-bond donors (Lipinski definition) is 0. The average molecular weight is 1300 g/mol. The Morgan fingerprint density at radius 3 is 0.635 bits per heavy atom. The molecule has 0 aliphatic heterocycles. The second-order valence-corrected chi connectivity index (χ2v) is 29.6. The Balaban J connectivity index is 1.14. The number of benzene rings is 19. The SMILES string of the molecule is COc1ccc(N(c2ccc(OC)cc2)c2cc3c4cc(-c5c(C)cc(C)cc5C)cc5c6cc(-c7c(C)cc(C)cc7C)cc7c8cc(Br)cc9c%10cc(-c%11c(C)cc(C)cc%11C)cc%11c%12cc(-c%13c(C)cc(C)cc%13C)cc%13c(c2)c3c2c(c54)c(c76)c(c89)c(c%10%11)c2c%12%13)cc1. The Kier molecular flexibility index (Phi) is 11.9. The van der Waals surface area contributed by atoms with Crippen LogP contribution < -0.4 is 14.4 Å². The molecule has 0 saturated heterocycles. The van der Waals surface area contributed by atoms with Gasteiger partial charge in [0.05, 0.1) is 14.2 Å². The summed E-state index contributed by atoms with van der Waals surface area (Å²) in [5, 5.41) is 31.4. The topological polar surface area (TPSA) is 21.7 Å². The van der Waals surface area contributed by atoms with E-state index >= 15 is 0 Å². The normalized spacial score (nSPS) is 12.5. The number of hydrogen-bond acceptors (Lipinski definition) is 3. The average Bonchev–Trinajstić information content (AvgIpc) is 0.642. The summed E-state index contributed by atoms with van der Waals surface area (Å²) in [7, 11) is 3.49. The molecule has 19 aromatic carbocycles. The van der Waals surface area contributed by atoms with Crippen LogP contribution in [0.25, 0.3) is 174 Å². The molecule has 96 heavy (non-hydrogen) atoms. The first-order chi connectivity index (χ1) is 46.3. The van der Waals surface area contributed by atoms with Gasteiger partial charge < -0.3 is 14.4 Å². The molecule has 0 amide bonds. The third kappa shape index (κ3) is 7.65. The lowest BCUT2D eigenvalue weighted by Gasteiger charge is -2.31. The zero-order valence-corrected chi connectivity index (χ0v) is 58.4. The summed E-state index contributed by atoms with van der Waals surface area (Å²) >= 11 is 4.29. The Labute approximate surface area is 567 Å². The van der Waals surface area contributed by atoms with Gasteiger partial charge in [0.15, 0.2) is 0 Å². The van der Waals surface area contributed by atoms with Crippen LogP contribution in [-0.4, -0.2) is 14.2 Å². The molecule has 0 atom stereocenters. The van der Waals surface area contributed by atoms with Crippen LogP contribution in [0, 0.1) is 83.1 Å². The Bertz CT molecular complexity index is 6110. The maximum Gasteiger partial charge on any atom is 0.119 e. The Hall–Kier alpha value is -10.3. The van der Waals surface area contributed by atoms with Crippen molar-refractivity contribution in [1.82, 2.24) is 0 Å². The zero-order chi connectivity index (χ0) is 65.7. The van der Waals surface area contributed by atoms with Crippen LogP contribution in [0.2, 0.25) is 0 Å². The first kappa shape index (κ1) is 57.2. The molecule has 4 heteroatoms. The van der Waals surface area contributed by atoms with Gasteiger partial charge in [0.2, 0.25) is 0 Å². The molecule has 0 fully saturated rings. The van der Waals surface area contributed by atoms with E-state index in [0.29, 0.717) is 0 Å². The van der Waals surface area contributed by atoms with Gasteiger partial charge in [-0.1, -0.05) is 86.7 Å². The van der Waals surface area contributed by atoms with E-state index in [4.69, 9.17) is 9.47 Å². The summed E-state index contributed by atoms with van der Waals surface area (Å²) in [5.41, 5.74) is 28.6. The highest BCUT2D eigenvalue weighted by molar-refractivity contribution is 9.10. The van der Waals surface area contributed by atoms with E-state index < -0.39 is 0 Å². The molecular formula is C92H70BrNO2. The summed E-state index contributed by atoms with van der Waals surface area (Å²) in [6.45, 7) is 27.4. The van der Waals surface area contributed by atoms with Gasteiger partial charge in [0.1, 0.15) is 11.5 Å². The fraction of sp³-hybridized carbons (Fsp3) is 0.152. The van der Waals surface area contributed by atoms with Crippen molar-refractivity contribution in [2.45, 2.75) is 83.1 Å².